The van der Waals surface area contributed by atoms with Crippen LogP contribution in [0.5, 0.6) is 0 Å². The Morgan fingerprint density at radius 1 is 1.27 bits per heavy atom. The quantitative estimate of drug-likeness (QED) is 0.605. The van der Waals surface area contributed by atoms with Gasteiger partial charge in [0.15, 0.2) is 0 Å². The molecule has 0 radical (unpaired) electrons. The summed E-state index contributed by atoms with van der Waals surface area (Å²) in [6, 6.07) is 5.79. The number of amides is 2. The molecular formula is C17H26N4O4S. The molecule has 0 aliphatic heterocycles. The lowest BCUT2D eigenvalue weighted by Gasteiger charge is -2.30. The predicted molar refractivity (Wildman–Crippen MR) is 98.9 cm³/mol. The summed E-state index contributed by atoms with van der Waals surface area (Å²) in [5.74, 6) is -0.279. The smallest absolute Gasteiger partial charge is 0.243 e. The molecule has 8 nitrogen and oxygen atoms in total. The highest BCUT2D eigenvalue weighted by molar-refractivity contribution is 7.89. The Labute approximate surface area is 154 Å². The molecule has 144 valence electrons. The molecule has 1 saturated carbocycles. The molecule has 26 heavy (non-hydrogen) atoms. The zero-order chi connectivity index (χ0) is 19.5. The van der Waals surface area contributed by atoms with E-state index in [2.05, 4.69) is 10.6 Å². The highest BCUT2D eigenvalue weighted by atomic mass is 32.2. The van der Waals surface area contributed by atoms with Gasteiger partial charge in [-0.1, -0.05) is 0 Å². The normalized spacial score (nSPS) is 16.8. The molecule has 2 rings (SSSR count). The lowest BCUT2D eigenvalue weighted by Crippen LogP contribution is -2.55. The second-order valence-electron chi connectivity index (χ2n) is 6.91. The van der Waals surface area contributed by atoms with Crippen molar-refractivity contribution in [1.82, 2.24) is 9.62 Å². The van der Waals surface area contributed by atoms with E-state index in [1.54, 1.807) is 0 Å². The van der Waals surface area contributed by atoms with Crippen molar-refractivity contribution in [2.75, 3.05) is 25.5 Å². The summed E-state index contributed by atoms with van der Waals surface area (Å²) in [5.41, 5.74) is 5.78. The van der Waals surface area contributed by atoms with E-state index in [9.17, 15) is 18.0 Å². The molecule has 1 aromatic rings. The summed E-state index contributed by atoms with van der Waals surface area (Å²) >= 11 is 0. The van der Waals surface area contributed by atoms with E-state index in [0.717, 1.165) is 17.1 Å². The highest BCUT2D eigenvalue weighted by Crippen LogP contribution is 2.38. The van der Waals surface area contributed by atoms with Crippen LogP contribution in [0.2, 0.25) is 0 Å². The van der Waals surface area contributed by atoms with Gasteiger partial charge in [0.1, 0.15) is 0 Å². The maximum Gasteiger partial charge on any atom is 0.243 e. The van der Waals surface area contributed by atoms with Crippen LogP contribution < -0.4 is 16.4 Å². The van der Waals surface area contributed by atoms with Gasteiger partial charge < -0.3 is 16.4 Å². The first-order chi connectivity index (χ1) is 12.1. The first kappa shape index (κ1) is 20.3. The number of nitrogens with one attached hydrogen (secondary N) is 2. The van der Waals surface area contributed by atoms with Crippen molar-refractivity contribution in [3.63, 3.8) is 0 Å². The Balaban J connectivity index is 2.03. The number of benzene rings is 1. The number of likely N-dealkylation sites (N-methyl/N-ethyl adjacent to an activating group) is 1. The van der Waals surface area contributed by atoms with Crippen LogP contribution in [-0.2, 0) is 19.6 Å². The number of hydrogen-bond donors (Lipinski definition) is 3. The molecule has 9 heteroatoms. The average Bonchev–Trinajstić information content (AvgIpc) is 3.39. The molecule has 0 aromatic heterocycles. The monoisotopic (exact) mass is 382 g/mol. The van der Waals surface area contributed by atoms with E-state index in [-0.39, 0.29) is 23.3 Å². The lowest BCUT2D eigenvalue weighted by atomic mass is 9.96. The summed E-state index contributed by atoms with van der Waals surface area (Å²) < 4.78 is 26.2. The van der Waals surface area contributed by atoms with Crippen molar-refractivity contribution < 1.29 is 18.0 Å². The first-order valence-electron chi connectivity index (χ1n) is 8.43. The summed E-state index contributed by atoms with van der Waals surface area (Å²) in [6.07, 6.45) is 2.03. The zero-order valence-corrected chi connectivity index (χ0v) is 16.1. The van der Waals surface area contributed by atoms with Gasteiger partial charge in [0.05, 0.1) is 17.0 Å². The first-order valence-corrected chi connectivity index (χ1v) is 9.87. The number of sulfonamides is 1. The third-order valence-electron chi connectivity index (χ3n) is 4.58. The minimum absolute atomic E-state index is 0.0469. The van der Waals surface area contributed by atoms with Crippen molar-refractivity contribution >= 4 is 27.5 Å². The number of nitrogens with two attached hydrogens (primary N) is 1. The SMILES string of the molecule is CC(=O)Nc1ccc(S(=O)(=O)N(C)CC(=O)NC(C)(CN)C2CC2)cc1. The van der Waals surface area contributed by atoms with Crippen molar-refractivity contribution in [3.8, 4) is 0 Å². The van der Waals surface area contributed by atoms with Crippen LogP contribution in [0.1, 0.15) is 26.7 Å². The zero-order valence-electron chi connectivity index (χ0n) is 15.3. The summed E-state index contributed by atoms with van der Waals surface area (Å²) in [5, 5.41) is 5.44. The minimum atomic E-state index is -3.82. The Bertz CT molecular complexity index is 774. The summed E-state index contributed by atoms with van der Waals surface area (Å²) in [7, 11) is -2.46. The fourth-order valence-electron chi connectivity index (χ4n) is 2.78. The molecule has 4 N–H and O–H groups in total. The number of carbonyl (C=O) groups is 2. The summed E-state index contributed by atoms with van der Waals surface area (Å²) in [6.45, 7) is 3.27. The van der Waals surface area contributed by atoms with Crippen molar-refractivity contribution in [1.29, 1.82) is 0 Å². The molecule has 0 bridgehead atoms. The summed E-state index contributed by atoms with van der Waals surface area (Å²) in [4.78, 5) is 23.4. The van der Waals surface area contributed by atoms with E-state index < -0.39 is 15.6 Å². The van der Waals surface area contributed by atoms with Gasteiger partial charge in [-0.25, -0.2) is 8.42 Å². The van der Waals surface area contributed by atoms with Crippen LogP contribution in [0, 0.1) is 5.92 Å². The molecule has 2 amide bonds. The number of anilines is 1. The molecule has 1 fully saturated rings. The Hall–Kier alpha value is -1.97. The van der Waals surface area contributed by atoms with Gasteiger partial charge in [0, 0.05) is 26.2 Å². The largest absolute Gasteiger partial charge is 0.348 e. The highest BCUT2D eigenvalue weighted by Gasteiger charge is 2.41. The Morgan fingerprint density at radius 2 is 1.85 bits per heavy atom. The third kappa shape index (κ3) is 4.80. The molecule has 1 aliphatic carbocycles. The Morgan fingerprint density at radius 3 is 2.31 bits per heavy atom. The second-order valence-corrected chi connectivity index (χ2v) is 8.96. The molecule has 0 heterocycles. The standard InChI is InChI=1S/C17H26N4O4S/c1-12(22)19-14-6-8-15(9-7-14)26(24,25)21(3)10-16(23)20-17(2,11-18)13-4-5-13/h6-9,13H,4-5,10-11,18H2,1-3H3,(H,19,22)(H,20,23). The number of rotatable bonds is 8. The molecule has 1 atom stereocenters. The van der Waals surface area contributed by atoms with Gasteiger partial charge in [0.25, 0.3) is 0 Å². The lowest BCUT2D eigenvalue weighted by molar-refractivity contribution is -0.123. The number of nitrogens with zero attached hydrogens (tertiary/aromatic N) is 1. The van der Waals surface area contributed by atoms with Gasteiger partial charge in [-0.3, -0.25) is 9.59 Å². The maximum atomic E-state index is 12.6. The second kappa shape index (κ2) is 7.73. The van der Waals surface area contributed by atoms with Crippen LogP contribution in [0.4, 0.5) is 5.69 Å². The van der Waals surface area contributed by atoms with E-state index in [1.807, 2.05) is 6.92 Å². The van der Waals surface area contributed by atoms with Crippen LogP contribution in [0.15, 0.2) is 29.2 Å². The van der Waals surface area contributed by atoms with E-state index in [0.29, 0.717) is 18.2 Å². The predicted octanol–water partition coefficient (Wildman–Crippen LogP) is 0.509. The Kier molecular flexibility index (Phi) is 6.05. The van der Waals surface area contributed by atoms with E-state index >= 15 is 0 Å². The minimum Gasteiger partial charge on any atom is -0.348 e. The molecular weight excluding hydrogens is 356 g/mol. The van der Waals surface area contributed by atoms with Gasteiger partial charge in [-0.15, -0.1) is 0 Å². The van der Waals surface area contributed by atoms with E-state index in [1.165, 1.54) is 38.2 Å². The van der Waals surface area contributed by atoms with Crippen LogP contribution in [-0.4, -0.2) is 50.2 Å². The van der Waals surface area contributed by atoms with E-state index in [4.69, 9.17) is 5.73 Å². The molecule has 1 unspecified atom stereocenters. The van der Waals surface area contributed by atoms with Gasteiger partial charge in [-0.2, -0.15) is 4.31 Å². The molecule has 1 aliphatic rings. The van der Waals surface area contributed by atoms with Crippen LogP contribution >= 0.6 is 0 Å². The topological polar surface area (TPSA) is 122 Å². The van der Waals surface area contributed by atoms with Gasteiger partial charge >= 0.3 is 0 Å². The van der Waals surface area contributed by atoms with Crippen molar-refractivity contribution in [2.45, 2.75) is 37.1 Å². The van der Waals surface area contributed by atoms with Gasteiger partial charge in [0.2, 0.25) is 21.8 Å². The van der Waals surface area contributed by atoms with Crippen molar-refractivity contribution in [3.05, 3.63) is 24.3 Å². The average molecular weight is 382 g/mol. The fraction of sp³-hybridized carbons (Fsp3) is 0.529. The molecule has 0 spiro atoms. The van der Waals surface area contributed by atoms with Crippen LogP contribution in [0.3, 0.4) is 0 Å². The number of carbonyl (C=O) groups excluding carboxylic acids is 2. The molecule has 0 saturated heterocycles. The number of hydrogen-bond acceptors (Lipinski definition) is 5. The van der Waals surface area contributed by atoms with Crippen molar-refractivity contribution in [2.24, 2.45) is 11.7 Å². The third-order valence-corrected chi connectivity index (χ3v) is 6.39. The fourth-order valence-corrected chi connectivity index (χ4v) is 3.91. The maximum absolute atomic E-state index is 12.6. The molecule has 1 aromatic carbocycles. The van der Waals surface area contributed by atoms with Crippen LogP contribution in [0.25, 0.3) is 0 Å². The van der Waals surface area contributed by atoms with Gasteiger partial charge in [-0.05, 0) is 49.9 Å².